The Hall–Kier alpha value is -2.34. The van der Waals surface area contributed by atoms with Crippen molar-refractivity contribution in [1.29, 1.82) is 0 Å². The molecule has 0 aliphatic heterocycles. The average Bonchev–Trinajstić information content (AvgIpc) is 2.96. The van der Waals surface area contributed by atoms with Gasteiger partial charge in [0.05, 0.1) is 12.9 Å². The lowest BCUT2D eigenvalue weighted by molar-refractivity contribution is 0.234. The minimum Gasteiger partial charge on any atom is -0.395 e. The van der Waals surface area contributed by atoms with Gasteiger partial charge in [-0.1, -0.05) is 24.3 Å². The van der Waals surface area contributed by atoms with E-state index >= 15 is 0 Å². The number of urea groups is 1. The summed E-state index contributed by atoms with van der Waals surface area (Å²) in [6.45, 7) is 1.40. The van der Waals surface area contributed by atoms with Gasteiger partial charge in [-0.15, -0.1) is 0 Å². The predicted molar refractivity (Wildman–Crippen MR) is 75.1 cm³/mol. The van der Waals surface area contributed by atoms with E-state index in [1.54, 1.807) is 12.5 Å². The van der Waals surface area contributed by atoms with Crippen LogP contribution in [0.4, 0.5) is 4.79 Å². The highest BCUT2D eigenvalue weighted by atomic mass is 16.3. The van der Waals surface area contributed by atoms with Crippen molar-refractivity contribution in [2.75, 3.05) is 13.2 Å². The molecule has 0 saturated heterocycles. The Bertz CT molecular complexity index is 540. The van der Waals surface area contributed by atoms with Crippen LogP contribution < -0.4 is 10.6 Å². The lowest BCUT2D eigenvalue weighted by Gasteiger charge is -2.08. The molecule has 0 radical (unpaired) electrons. The second-order valence-electron chi connectivity index (χ2n) is 4.39. The molecular weight excluding hydrogens is 256 g/mol. The van der Waals surface area contributed by atoms with Crippen LogP contribution in [0.25, 0.3) is 0 Å². The number of carbonyl (C=O) groups is 1. The van der Waals surface area contributed by atoms with Gasteiger partial charge in [0.15, 0.2) is 0 Å². The van der Waals surface area contributed by atoms with E-state index in [2.05, 4.69) is 15.6 Å². The lowest BCUT2D eigenvalue weighted by atomic mass is 10.1. The van der Waals surface area contributed by atoms with Gasteiger partial charge in [-0.2, -0.15) is 0 Å². The number of imidazole rings is 1. The summed E-state index contributed by atoms with van der Waals surface area (Å²) in [5.74, 6) is 0. The summed E-state index contributed by atoms with van der Waals surface area (Å²) < 4.78 is 1.99. The Morgan fingerprint density at radius 3 is 2.90 bits per heavy atom. The molecule has 0 saturated carbocycles. The molecule has 106 valence electrons. The molecule has 3 N–H and O–H groups in total. The molecule has 0 fully saturated rings. The molecule has 1 aromatic heterocycles. The van der Waals surface area contributed by atoms with Gasteiger partial charge < -0.3 is 20.3 Å². The first-order valence-corrected chi connectivity index (χ1v) is 6.44. The van der Waals surface area contributed by atoms with Gasteiger partial charge in [0.2, 0.25) is 0 Å². The molecule has 0 spiro atoms. The van der Waals surface area contributed by atoms with Crippen LogP contribution in [0.15, 0.2) is 43.0 Å². The topological polar surface area (TPSA) is 79.2 Å². The summed E-state index contributed by atoms with van der Waals surface area (Å²) in [5.41, 5.74) is 2.18. The first-order chi connectivity index (χ1) is 9.78. The van der Waals surface area contributed by atoms with Crippen molar-refractivity contribution in [3.63, 3.8) is 0 Å². The van der Waals surface area contributed by atoms with Crippen molar-refractivity contribution in [1.82, 2.24) is 20.2 Å². The van der Waals surface area contributed by atoms with Gasteiger partial charge in [0, 0.05) is 32.0 Å². The standard InChI is InChI=1S/C14H18N4O2/c19-7-5-16-14(20)17-9-12-2-1-3-13(8-12)10-18-6-4-15-11-18/h1-4,6,8,11,19H,5,7,9-10H2,(H2,16,17,20). The molecule has 0 atom stereocenters. The Labute approximate surface area is 117 Å². The average molecular weight is 274 g/mol. The number of nitrogens with one attached hydrogen (secondary N) is 2. The van der Waals surface area contributed by atoms with Crippen molar-refractivity contribution in [3.05, 3.63) is 54.1 Å². The number of carbonyl (C=O) groups excluding carboxylic acids is 1. The molecule has 6 nitrogen and oxygen atoms in total. The largest absolute Gasteiger partial charge is 0.395 e. The van der Waals surface area contributed by atoms with Gasteiger partial charge in [-0.25, -0.2) is 9.78 Å². The minimum absolute atomic E-state index is 0.0617. The molecule has 1 aromatic carbocycles. The summed E-state index contributed by atoms with van der Waals surface area (Å²) in [4.78, 5) is 15.4. The third kappa shape index (κ3) is 4.40. The van der Waals surface area contributed by atoms with Crippen LogP contribution in [0, 0.1) is 0 Å². The van der Waals surface area contributed by atoms with E-state index in [0.717, 1.165) is 17.7 Å². The number of benzene rings is 1. The van der Waals surface area contributed by atoms with Gasteiger partial charge in [0.25, 0.3) is 0 Å². The fraction of sp³-hybridized carbons (Fsp3) is 0.286. The predicted octanol–water partition coefficient (Wildman–Crippen LogP) is 0.723. The minimum atomic E-state index is -0.279. The number of hydrogen-bond acceptors (Lipinski definition) is 3. The van der Waals surface area contributed by atoms with Crippen LogP contribution in [0.3, 0.4) is 0 Å². The Morgan fingerprint density at radius 2 is 2.15 bits per heavy atom. The number of aromatic nitrogens is 2. The summed E-state index contributed by atoms with van der Waals surface area (Å²) in [6, 6.07) is 7.74. The van der Waals surface area contributed by atoms with E-state index in [1.165, 1.54) is 0 Å². The van der Waals surface area contributed by atoms with Gasteiger partial charge in [-0.05, 0) is 11.1 Å². The zero-order chi connectivity index (χ0) is 14.2. The molecule has 0 unspecified atom stereocenters. The highest BCUT2D eigenvalue weighted by molar-refractivity contribution is 5.73. The second-order valence-corrected chi connectivity index (χ2v) is 4.39. The van der Waals surface area contributed by atoms with Crippen LogP contribution in [-0.2, 0) is 13.1 Å². The molecule has 0 aliphatic carbocycles. The molecule has 1 heterocycles. The van der Waals surface area contributed by atoms with Crippen molar-refractivity contribution >= 4 is 6.03 Å². The molecule has 0 bridgehead atoms. The van der Waals surface area contributed by atoms with E-state index in [4.69, 9.17) is 5.11 Å². The third-order valence-electron chi connectivity index (χ3n) is 2.77. The highest BCUT2D eigenvalue weighted by Crippen LogP contribution is 2.07. The maximum atomic E-state index is 11.4. The molecule has 2 rings (SSSR count). The van der Waals surface area contributed by atoms with Crippen LogP contribution in [-0.4, -0.2) is 33.8 Å². The van der Waals surface area contributed by atoms with Crippen molar-refractivity contribution in [2.45, 2.75) is 13.1 Å². The van der Waals surface area contributed by atoms with Crippen LogP contribution in [0.2, 0.25) is 0 Å². The third-order valence-corrected chi connectivity index (χ3v) is 2.77. The number of aliphatic hydroxyl groups is 1. The zero-order valence-corrected chi connectivity index (χ0v) is 11.1. The smallest absolute Gasteiger partial charge is 0.315 e. The highest BCUT2D eigenvalue weighted by Gasteiger charge is 2.01. The number of rotatable bonds is 6. The van der Waals surface area contributed by atoms with Crippen LogP contribution in [0.5, 0.6) is 0 Å². The van der Waals surface area contributed by atoms with Gasteiger partial charge in [0.1, 0.15) is 0 Å². The number of aliphatic hydroxyl groups excluding tert-OH is 1. The fourth-order valence-electron chi connectivity index (χ4n) is 1.84. The Kier molecular flexibility index (Phi) is 5.14. The number of amides is 2. The van der Waals surface area contributed by atoms with Crippen LogP contribution >= 0.6 is 0 Å². The van der Waals surface area contributed by atoms with Crippen molar-refractivity contribution < 1.29 is 9.90 Å². The van der Waals surface area contributed by atoms with E-state index in [0.29, 0.717) is 6.54 Å². The number of nitrogens with zero attached hydrogens (tertiary/aromatic N) is 2. The summed E-state index contributed by atoms with van der Waals surface area (Å²) in [5, 5.41) is 13.9. The molecule has 6 heteroatoms. The van der Waals surface area contributed by atoms with Crippen molar-refractivity contribution in [3.8, 4) is 0 Å². The molecule has 2 amide bonds. The Morgan fingerprint density at radius 1 is 1.30 bits per heavy atom. The fourth-order valence-corrected chi connectivity index (χ4v) is 1.84. The first-order valence-electron chi connectivity index (χ1n) is 6.44. The van der Waals surface area contributed by atoms with Crippen LogP contribution in [0.1, 0.15) is 11.1 Å². The Balaban J connectivity index is 1.87. The normalized spacial score (nSPS) is 10.2. The van der Waals surface area contributed by atoms with Crippen molar-refractivity contribution in [2.24, 2.45) is 0 Å². The van der Waals surface area contributed by atoms with E-state index in [-0.39, 0.29) is 19.2 Å². The monoisotopic (exact) mass is 274 g/mol. The second kappa shape index (κ2) is 7.30. The maximum absolute atomic E-state index is 11.4. The van der Waals surface area contributed by atoms with E-state index in [9.17, 15) is 4.79 Å². The first kappa shape index (κ1) is 14.1. The van der Waals surface area contributed by atoms with Gasteiger partial charge in [-0.3, -0.25) is 0 Å². The molecular formula is C14H18N4O2. The van der Waals surface area contributed by atoms with E-state index in [1.807, 2.05) is 35.0 Å². The SMILES string of the molecule is O=C(NCCO)NCc1cccc(Cn2ccnc2)c1. The number of hydrogen-bond donors (Lipinski definition) is 3. The lowest BCUT2D eigenvalue weighted by Crippen LogP contribution is -2.36. The van der Waals surface area contributed by atoms with Gasteiger partial charge >= 0.3 is 6.03 Å². The zero-order valence-electron chi connectivity index (χ0n) is 11.1. The van der Waals surface area contributed by atoms with E-state index < -0.39 is 0 Å². The summed E-state index contributed by atoms with van der Waals surface area (Å²) in [7, 11) is 0. The maximum Gasteiger partial charge on any atom is 0.315 e. The molecule has 0 aliphatic rings. The molecule has 2 aromatic rings. The quantitative estimate of drug-likeness (QED) is 0.726. The summed E-state index contributed by atoms with van der Waals surface area (Å²) >= 11 is 0. The summed E-state index contributed by atoms with van der Waals surface area (Å²) in [6.07, 6.45) is 5.43. The molecule has 20 heavy (non-hydrogen) atoms.